The van der Waals surface area contributed by atoms with E-state index in [0.29, 0.717) is 32.5 Å². The molecule has 3 N–H and O–H groups in total. The van der Waals surface area contributed by atoms with E-state index >= 15 is 0 Å². The first-order chi connectivity index (χ1) is 9.55. The summed E-state index contributed by atoms with van der Waals surface area (Å²) in [5, 5.41) is 2.62. The third kappa shape index (κ3) is 3.20. The first-order valence-corrected chi connectivity index (χ1v) is 8.01. The molecule has 0 aromatic carbocycles. The molecule has 2 rings (SSSR count). The number of hydrogen-bond donors (Lipinski definition) is 2. The van der Waals surface area contributed by atoms with E-state index in [0.717, 1.165) is 0 Å². The third-order valence-electron chi connectivity index (χ3n) is 3.29. The summed E-state index contributed by atoms with van der Waals surface area (Å²) in [4.78, 5) is 11.9. The highest BCUT2D eigenvalue weighted by Crippen LogP contribution is 2.23. The maximum Gasteiger partial charge on any atom is 0.276 e. The van der Waals surface area contributed by atoms with Crippen LogP contribution in [0.5, 0.6) is 0 Å². The predicted octanol–water partition coefficient (Wildman–Crippen LogP) is -0.245. The fraction of sp³-hybridized carbons (Fsp3) is 0.583. The maximum atomic E-state index is 12.3. The Kier molecular flexibility index (Phi) is 4.79. The largest absolute Gasteiger partial charge is 0.452 e. The van der Waals surface area contributed by atoms with Crippen molar-refractivity contribution in [2.75, 3.05) is 26.2 Å². The van der Waals surface area contributed by atoms with E-state index in [-0.39, 0.29) is 23.5 Å². The summed E-state index contributed by atoms with van der Waals surface area (Å²) in [7, 11) is -3.64. The lowest BCUT2D eigenvalue weighted by atomic mass is 9.99. The number of nitrogens with one attached hydrogen (secondary N) is 1. The number of carbonyl (C=O) groups is 1. The summed E-state index contributed by atoms with van der Waals surface area (Å²) < 4.78 is 30.9. The number of nitrogens with zero attached hydrogens (tertiary/aromatic N) is 1. The van der Waals surface area contributed by atoms with Gasteiger partial charge in [-0.05, 0) is 25.0 Å². The van der Waals surface area contributed by atoms with Gasteiger partial charge in [-0.2, -0.15) is 4.31 Å². The number of rotatable bonds is 5. The second-order valence-electron chi connectivity index (χ2n) is 4.71. The minimum Gasteiger partial charge on any atom is -0.452 e. The van der Waals surface area contributed by atoms with Crippen LogP contribution in [0.2, 0.25) is 0 Å². The van der Waals surface area contributed by atoms with Gasteiger partial charge in [0.15, 0.2) is 0 Å². The van der Waals surface area contributed by atoms with Crippen molar-refractivity contribution >= 4 is 15.9 Å². The summed E-state index contributed by atoms with van der Waals surface area (Å²) >= 11 is 0. The maximum absolute atomic E-state index is 12.3. The van der Waals surface area contributed by atoms with E-state index in [9.17, 15) is 13.2 Å². The first-order valence-electron chi connectivity index (χ1n) is 6.57. The molecule has 8 heteroatoms. The van der Waals surface area contributed by atoms with Crippen LogP contribution in [0, 0.1) is 5.92 Å². The van der Waals surface area contributed by atoms with Crippen molar-refractivity contribution in [2.45, 2.75) is 17.9 Å². The highest BCUT2D eigenvalue weighted by molar-refractivity contribution is 7.89. The molecule has 20 heavy (non-hydrogen) atoms. The van der Waals surface area contributed by atoms with E-state index in [1.165, 1.54) is 22.7 Å². The molecule has 1 saturated heterocycles. The van der Waals surface area contributed by atoms with Gasteiger partial charge in [0.25, 0.3) is 10.0 Å². The van der Waals surface area contributed by atoms with E-state index in [1.807, 2.05) is 0 Å². The van der Waals surface area contributed by atoms with Crippen molar-refractivity contribution in [3.63, 3.8) is 0 Å². The van der Waals surface area contributed by atoms with Crippen molar-refractivity contribution in [3.05, 3.63) is 18.4 Å². The van der Waals surface area contributed by atoms with Gasteiger partial charge in [0.2, 0.25) is 11.0 Å². The molecule has 1 aliphatic heterocycles. The Labute approximate surface area is 118 Å². The molecule has 1 amide bonds. The standard InChI is InChI=1S/C12H19N3O4S/c13-5-6-14-12(16)10-3-1-7-15(9-10)20(17,18)11-4-2-8-19-11/h2,4,8,10H,1,3,5-7,9,13H2,(H,14,16). The van der Waals surface area contributed by atoms with Gasteiger partial charge in [-0.25, -0.2) is 8.42 Å². The zero-order valence-electron chi connectivity index (χ0n) is 11.1. The smallest absolute Gasteiger partial charge is 0.276 e. The summed E-state index contributed by atoms with van der Waals surface area (Å²) in [6.45, 7) is 1.36. The number of hydrogen-bond acceptors (Lipinski definition) is 5. The van der Waals surface area contributed by atoms with Gasteiger partial charge < -0.3 is 15.5 Å². The number of furan rings is 1. The molecule has 0 spiro atoms. The molecule has 0 radical (unpaired) electrons. The minimum atomic E-state index is -3.64. The lowest BCUT2D eigenvalue weighted by Gasteiger charge is -2.30. The number of amides is 1. The Bertz CT molecular complexity index is 541. The molecule has 0 aliphatic carbocycles. The molecule has 1 aromatic heterocycles. The van der Waals surface area contributed by atoms with E-state index in [4.69, 9.17) is 10.2 Å². The Balaban J connectivity index is 2.05. The summed E-state index contributed by atoms with van der Waals surface area (Å²) in [5.74, 6) is -0.477. The van der Waals surface area contributed by atoms with Crippen LogP contribution in [0.25, 0.3) is 0 Å². The van der Waals surface area contributed by atoms with Gasteiger partial charge in [-0.15, -0.1) is 0 Å². The van der Waals surface area contributed by atoms with Crippen molar-refractivity contribution in [2.24, 2.45) is 11.7 Å². The fourth-order valence-electron chi connectivity index (χ4n) is 2.25. The van der Waals surface area contributed by atoms with Gasteiger partial charge in [0, 0.05) is 26.2 Å². The average molecular weight is 301 g/mol. The third-order valence-corrected chi connectivity index (χ3v) is 5.04. The van der Waals surface area contributed by atoms with Crippen molar-refractivity contribution in [1.29, 1.82) is 0 Å². The van der Waals surface area contributed by atoms with Crippen LogP contribution < -0.4 is 11.1 Å². The molecule has 1 atom stereocenters. The Morgan fingerprint density at radius 3 is 3.00 bits per heavy atom. The van der Waals surface area contributed by atoms with Crippen LogP contribution in [0.4, 0.5) is 0 Å². The summed E-state index contributed by atoms with van der Waals surface area (Å²) in [6, 6.07) is 2.94. The summed E-state index contributed by atoms with van der Waals surface area (Å²) in [6.07, 6.45) is 2.66. The highest BCUT2D eigenvalue weighted by atomic mass is 32.2. The molecule has 1 fully saturated rings. The van der Waals surface area contributed by atoms with Gasteiger partial charge in [0.05, 0.1) is 12.2 Å². The Morgan fingerprint density at radius 2 is 2.35 bits per heavy atom. The van der Waals surface area contributed by atoms with Gasteiger partial charge >= 0.3 is 0 Å². The fourth-order valence-corrected chi connectivity index (χ4v) is 3.68. The first kappa shape index (κ1) is 15.0. The van der Waals surface area contributed by atoms with Gasteiger partial charge in [0.1, 0.15) is 0 Å². The van der Waals surface area contributed by atoms with Crippen LogP contribution in [-0.4, -0.2) is 44.8 Å². The second kappa shape index (κ2) is 6.38. The molecule has 7 nitrogen and oxygen atoms in total. The summed E-state index contributed by atoms with van der Waals surface area (Å²) in [5.41, 5.74) is 5.33. The molecule has 0 saturated carbocycles. The van der Waals surface area contributed by atoms with E-state index < -0.39 is 10.0 Å². The van der Waals surface area contributed by atoms with Crippen molar-refractivity contribution in [1.82, 2.24) is 9.62 Å². The number of nitrogens with two attached hydrogens (primary N) is 1. The Morgan fingerprint density at radius 1 is 1.55 bits per heavy atom. The minimum absolute atomic E-state index is 0.0829. The predicted molar refractivity (Wildman–Crippen MR) is 72.3 cm³/mol. The average Bonchev–Trinajstić information content (AvgIpc) is 2.99. The molecular formula is C12H19N3O4S. The van der Waals surface area contributed by atoms with Crippen molar-refractivity contribution < 1.29 is 17.6 Å². The Hall–Kier alpha value is -1.38. The van der Waals surface area contributed by atoms with E-state index in [1.54, 1.807) is 0 Å². The monoisotopic (exact) mass is 301 g/mol. The zero-order chi connectivity index (χ0) is 14.6. The highest BCUT2D eigenvalue weighted by Gasteiger charge is 2.34. The number of carbonyl (C=O) groups excluding carboxylic acids is 1. The van der Waals surface area contributed by atoms with Crippen LogP contribution in [0.1, 0.15) is 12.8 Å². The van der Waals surface area contributed by atoms with E-state index in [2.05, 4.69) is 5.32 Å². The SMILES string of the molecule is NCCNC(=O)C1CCCN(S(=O)(=O)c2ccco2)C1. The lowest BCUT2D eigenvalue weighted by molar-refractivity contribution is -0.126. The molecule has 1 aromatic rings. The van der Waals surface area contributed by atoms with Crippen molar-refractivity contribution in [3.8, 4) is 0 Å². The van der Waals surface area contributed by atoms with Crippen LogP contribution >= 0.6 is 0 Å². The molecule has 2 heterocycles. The molecule has 1 unspecified atom stereocenters. The van der Waals surface area contributed by atoms with Gasteiger partial charge in [-0.3, -0.25) is 4.79 Å². The number of sulfonamides is 1. The zero-order valence-corrected chi connectivity index (χ0v) is 11.9. The lowest BCUT2D eigenvalue weighted by Crippen LogP contribution is -2.46. The van der Waals surface area contributed by atoms with Crippen LogP contribution in [0.3, 0.4) is 0 Å². The normalized spacial score (nSPS) is 20.8. The molecule has 0 bridgehead atoms. The molecule has 112 valence electrons. The van der Waals surface area contributed by atoms with Crippen LogP contribution in [0.15, 0.2) is 27.9 Å². The second-order valence-corrected chi connectivity index (χ2v) is 6.58. The van der Waals surface area contributed by atoms with Gasteiger partial charge in [-0.1, -0.05) is 0 Å². The molecular weight excluding hydrogens is 282 g/mol. The topological polar surface area (TPSA) is 106 Å². The quantitative estimate of drug-likeness (QED) is 0.780. The number of piperidine rings is 1. The van der Waals surface area contributed by atoms with Crippen LogP contribution in [-0.2, 0) is 14.8 Å². The molecule has 1 aliphatic rings.